The Morgan fingerprint density at radius 2 is 1.93 bits per heavy atom. The van der Waals surface area contributed by atoms with Crippen molar-refractivity contribution in [3.8, 4) is 0 Å². The fraction of sp³-hybridized carbons (Fsp3) is 0.545. The Bertz CT molecular complexity index is 726. The summed E-state index contributed by atoms with van der Waals surface area (Å²) in [6.07, 6.45) is 6.01. The number of aromatic nitrogens is 1. The average molecular weight is 383 g/mol. The summed E-state index contributed by atoms with van der Waals surface area (Å²) in [5.41, 5.74) is 2.16. The van der Waals surface area contributed by atoms with Gasteiger partial charge < -0.3 is 9.84 Å². The standard InChI is InChI=1S/C22H30N4O2/c27-22(23-15-20-10-14-28-24-20)19-7-4-11-26(17-19)21-8-12-25(13-9-21)16-18-5-2-1-3-6-18/h1-3,5-6,10,14,19,21H,4,7-9,11-13,15-17H2,(H,23,27). The molecule has 1 unspecified atom stereocenters. The zero-order valence-electron chi connectivity index (χ0n) is 16.4. The van der Waals surface area contributed by atoms with Gasteiger partial charge in [0.15, 0.2) is 0 Å². The smallest absolute Gasteiger partial charge is 0.224 e. The first-order chi connectivity index (χ1) is 13.8. The van der Waals surface area contributed by atoms with Crippen molar-refractivity contribution in [1.29, 1.82) is 0 Å². The van der Waals surface area contributed by atoms with Crippen LogP contribution in [0.2, 0.25) is 0 Å². The molecule has 2 saturated heterocycles. The van der Waals surface area contributed by atoms with Crippen molar-refractivity contribution in [3.05, 3.63) is 53.9 Å². The molecule has 6 heteroatoms. The predicted molar refractivity (Wildman–Crippen MR) is 107 cm³/mol. The second kappa shape index (κ2) is 9.34. The molecule has 2 aliphatic rings. The molecule has 0 aliphatic carbocycles. The first-order valence-electron chi connectivity index (χ1n) is 10.5. The molecule has 2 aliphatic heterocycles. The summed E-state index contributed by atoms with van der Waals surface area (Å²) in [6.45, 7) is 5.77. The van der Waals surface area contributed by atoms with E-state index in [1.807, 2.05) is 0 Å². The monoisotopic (exact) mass is 382 g/mol. The molecule has 1 atom stereocenters. The maximum Gasteiger partial charge on any atom is 0.224 e. The van der Waals surface area contributed by atoms with E-state index in [0.29, 0.717) is 12.6 Å². The van der Waals surface area contributed by atoms with Gasteiger partial charge in [0.25, 0.3) is 0 Å². The number of rotatable bonds is 6. The van der Waals surface area contributed by atoms with Crippen LogP contribution in [-0.4, -0.2) is 53.1 Å². The Hall–Kier alpha value is -2.18. The Morgan fingerprint density at radius 1 is 1.11 bits per heavy atom. The molecule has 0 bridgehead atoms. The van der Waals surface area contributed by atoms with E-state index in [1.54, 1.807) is 6.07 Å². The van der Waals surface area contributed by atoms with Crippen LogP contribution in [-0.2, 0) is 17.9 Å². The summed E-state index contributed by atoms with van der Waals surface area (Å²) in [5, 5.41) is 6.87. The lowest BCUT2D eigenvalue weighted by atomic mass is 9.93. The second-order valence-electron chi connectivity index (χ2n) is 8.04. The number of piperidine rings is 2. The van der Waals surface area contributed by atoms with Gasteiger partial charge in [0.2, 0.25) is 5.91 Å². The molecule has 6 nitrogen and oxygen atoms in total. The van der Waals surface area contributed by atoms with Crippen LogP contribution >= 0.6 is 0 Å². The molecule has 0 spiro atoms. The van der Waals surface area contributed by atoms with Gasteiger partial charge in [-0.05, 0) is 50.9 Å². The molecule has 2 fully saturated rings. The van der Waals surface area contributed by atoms with Gasteiger partial charge in [0.05, 0.1) is 12.5 Å². The van der Waals surface area contributed by atoms with Gasteiger partial charge in [-0.25, -0.2) is 0 Å². The van der Waals surface area contributed by atoms with E-state index in [1.165, 1.54) is 24.7 Å². The van der Waals surface area contributed by atoms with Crippen molar-refractivity contribution in [2.75, 3.05) is 26.2 Å². The first kappa shape index (κ1) is 19.2. The van der Waals surface area contributed by atoms with E-state index >= 15 is 0 Å². The molecule has 3 heterocycles. The fourth-order valence-corrected chi connectivity index (χ4v) is 4.49. The highest BCUT2D eigenvalue weighted by Gasteiger charge is 2.31. The van der Waals surface area contributed by atoms with Crippen LogP contribution in [0.3, 0.4) is 0 Å². The van der Waals surface area contributed by atoms with Crippen LogP contribution in [0, 0.1) is 5.92 Å². The topological polar surface area (TPSA) is 61.6 Å². The number of nitrogens with zero attached hydrogens (tertiary/aromatic N) is 3. The highest BCUT2D eigenvalue weighted by Crippen LogP contribution is 2.24. The molecular formula is C22H30N4O2. The van der Waals surface area contributed by atoms with Crippen LogP contribution in [0.15, 0.2) is 47.2 Å². The molecule has 0 radical (unpaired) electrons. The first-order valence-corrected chi connectivity index (χ1v) is 10.5. The number of hydrogen-bond acceptors (Lipinski definition) is 5. The van der Waals surface area contributed by atoms with E-state index in [0.717, 1.165) is 51.3 Å². The van der Waals surface area contributed by atoms with E-state index in [2.05, 4.69) is 50.6 Å². The largest absolute Gasteiger partial charge is 0.364 e. The van der Waals surface area contributed by atoms with E-state index in [-0.39, 0.29) is 11.8 Å². The van der Waals surface area contributed by atoms with Gasteiger partial charge in [-0.3, -0.25) is 14.6 Å². The number of hydrogen-bond donors (Lipinski definition) is 1. The number of nitrogens with one attached hydrogen (secondary N) is 1. The SMILES string of the molecule is O=C(NCc1ccon1)C1CCCN(C2CCN(Cc3ccccc3)CC2)C1. The molecule has 150 valence electrons. The normalized spacial score (nSPS) is 22.2. The molecule has 0 saturated carbocycles. The average Bonchev–Trinajstić information content (AvgIpc) is 3.27. The maximum atomic E-state index is 12.6. The Balaban J connectivity index is 1.23. The second-order valence-corrected chi connectivity index (χ2v) is 8.04. The van der Waals surface area contributed by atoms with Gasteiger partial charge in [-0.2, -0.15) is 0 Å². The van der Waals surface area contributed by atoms with Crippen molar-refractivity contribution < 1.29 is 9.32 Å². The van der Waals surface area contributed by atoms with Crippen molar-refractivity contribution in [1.82, 2.24) is 20.3 Å². The molecular weight excluding hydrogens is 352 g/mol. The minimum absolute atomic E-state index is 0.0861. The van der Waals surface area contributed by atoms with Crippen molar-refractivity contribution in [2.45, 2.75) is 44.8 Å². The number of likely N-dealkylation sites (tertiary alicyclic amines) is 2. The molecule has 1 N–H and O–H groups in total. The molecule has 1 aromatic carbocycles. The van der Waals surface area contributed by atoms with Crippen LogP contribution in [0.25, 0.3) is 0 Å². The molecule has 1 aromatic heterocycles. The van der Waals surface area contributed by atoms with Gasteiger partial charge in [0.1, 0.15) is 12.0 Å². The van der Waals surface area contributed by atoms with E-state index in [9.17, 15) is 4.79 Å². The Labute approximate surface area is 166 Å². The number of amides is 1. The molecule has 28 heavy (non-hydrogen) atoms. The molecule has 1 amide bonds. The van der Waals surface area contributed by atoms with Gasteiger partial charge in [-0.15, -0.1) is 0 Å². The third-order valence-corrected chi connectivity index (χ3v) is 6.08. The quantitative estimate of drug-likeness (QED) is 0.832. The third-order valence-electron chi connectivity index (χ3n) is 6.08. The number of carbonyl (C=O) groups excluding carboxylic acids is 1. The highest BCUT2D eigenvalue weighted by atomic mass is 16.5. The van der Waals surface area contributed by atoms with E-state index in [4.69, 9.17) is 4.52 Å². The lowest BCUT2D eigenvalue weighted by Gasteiger charge is -2.42. The minimum atomic E-state index is 0.0861. The molecule has 2 aromatic rings. The summed E-state index contributed by atoms with van der Waals surface area (Å²) in [4.78, 5) is 17.7. The fourth-order valence-electron chi connectivity index (χ4n) is 4.49. The van der Waals surface area contributed by atoms with Crippen LogP contribution in [0.4, 0.5) is 0 Å². The van der Waals surface area contributed by atoms with Crippen molar-refractivity contribution in [3.63, 3.8) is 0 Å². The van der Waals surface area contributed by atoms with E-state index < -0.39 is 0 Å². The van der Waals surface area contributed by atoms with Gasteiger partial charge in [0, 0.05) is 25.2 Å². The highest BCUT2D eigenvalue weighted by molar-refractivity contribution is 5.78. The molecule has 4 rings (SSSR count). The summed E-state index contributed by atoms with van der Waals surface area (Å²) >= 11 is 0. The maximum absolute atomic E-state index is 12.6. The van der Waals surface area contributed by atoms with Crippen LogP contribution in [0.1, 0.15) is 36.9 Å². The minimum Gasteiger partial charge on any atom is -0.364 e. The predicted octanol–water partition coefficient (Wildman–Crippen LogP) is 2.67. The lowest BCUT2D eigenvalue weighted by Crippen LogP contribution is -2.50. The van der Waals surface area contributed by atoms with Gasteiger partial charge >= 0.3 is 0 Å². The number of benzene rings is 1. The van der Waals surface area contributed by atoms with Crippen molar-refractivity contribution in [2.24, 2.45) is 5.92 Å². The van der Waals surface area contributed by atoms with Crippen LogP contribution < -0.4 is 5.32 Å². The van der Waals surface area contributed by atoms with Crippen LogP contribution in [0.5, 0.6) is 0 Å². The zero-order valence-corrected chi connectivity index (χ0v) is 16.4. The summed E-state index contributed by atoms with van der Waals surface area (Å²) in [7, 11) is 0. The lowest BCUT2D eigenvalue weighted by molar-refractivity contribution is -0.127. The zero-order chi connectivity index (χ0) is 19.2. The Morgan fingerprint density at radius 3 is 2.68 bits per heavy atom. The number of carbonyl (C=O) groups is 1. The summed E-state index contributed by atoms with van der Waals surface area (Å²) < 4.78 is 4.82. The Kier molecular flexibility index (Phi) is 6.39. The summed E-state index contributed by atoms with van der Waals surface area (Å²) in [6, 6.07) is 13.1. The van der Waals surface area contributed by atoms with Gasteiger partial charge in [-0.1, -0.05) is 35.5 Å². The third kappa shape index (κ3) is 5.00. The summed E-state index contributed by atoms with van der Waals surface area (Å²) in [5.74, 6) is 0.234. The van der Waals surface area contributed by atoms with Crippen molar-refractivity contribution >= 4 is 5.91 Å².